The van der Waals surface area contributed by atoms with E-state index in [1.54, 1.807) is 12.7 Å². The number of aryl methyl sites for hydroxylation is 2. The third-order valence-electron chi connectivity index (χ3n) is 7.45. The van der Waals surface area contributed by atoms with Crippen molar-refractivity contribution in [3.63, 3.8) is 0 Å². The molecule has 6 aromatic heterocycles. The van der Waals surface area contributed by atoms with E-state index in [4.69, 9.17) is 13.1 Å². The first-order chi connectivity index (χ1) is 20.9. The molecular weight excluding hydrogens is 604 g/mol. The standard InChI is InChI=1S/C16H10BrN5.C16H11N5/c1-10-5-15-12(7-14(10)18-2)13(17)8-22(15)11-3-4-21-9-19-20-16(21)6-11;1-11-7-15-12(8-14(11)17-2)3-6-21(15)13-4-5-20-10-18-19-16(20)9-13/h3-9H,1H3;3-10H,1H3. The Morgan fingerprint density at radius 1 is 0.674 bits per heavy atom. The molecule has 0 saturated heterocycles. The van der Waals surface area contributed by atoms with Crippen molar-refractivity contribution in [2.24, 2.45) is 0 Å². The molecule has 11 heteroatoms. The number of pyridine rings is 2. The molecule has 10 nitrogen and oxygen atoms in total. The van der Waals surface area contributed by atoms with Gasteiger partial charge in [0.2, 0.25) is 0 Å². The summed E-state index contributed by atoms with van der Waals surface area (Å²) in [5.74, 6) is 0. The summed E-state index contributed by atoms with van der Waals surface area (Å²) >= 11 is 3.59. The number of hydrogen-bond acceptors (Lipinski definition) is 4. The Balaban J connectivity index is 0.000000140. The highest BCUT2D eigenvalue weighted by Crippen LogP contribution is 2.34. The molecule has 0 radical (unpaired) electrons. The van der Waals surface area contributed by atoms with Gasteiger partial charge in [-0.3, -0.25) is 8.80 Å². The van der Waals surface area contributed by atoms with E-state index in [2.05, 4.69) is 61.2 Å². The van der Waals surface area contributed by atoms with Crippen LogP contribution in [-0.2, 0) is 0 Å². The summed E-state index contributed by atoms with van der Waals surface area (Å²) in [5.41, 5.74) is 9.12. The lowest BCUT2D eigenvalue weighted by Gasteiger charge is -2.07. The van der Waals surface area contributed by atoms with Crippen LogP contribution in [0.5, 0.6) is 0 Å². The van der Waals surface area contributed by atoms with Crippen molar-refractivity contribution in [3.05, 3.63) is 130 Å². The van der Waals surface area contributed by atoms with E-state index in [1.807, 2.05) is 96.0 Å². The topological polar surface area (TPSA) is 79.0 Å². The van der Waals surface area contributed by atoms with Crippen LogP contribution in [0.15, 0.2) is 96.5 Å². The molecule has 0 aliphatic heterocycles. The molecule has 206 valence electrons. The molecule has 8 rings (SSSR count). The van der Waals surface area contributed by atoms with E-state index in [9.17, 15) is 0 Å². The largest absolute Gasteiger partial charge is 0.316 e. The molecule has 0 fully saturated rings. The second kappa shape index (κ2) is 10.2. The minimum Gasteiger partial charge on any atom is -0.316 e. The summed E-state index contributed by atoms with van der Waals surface area (Å²) in [6.07, 6.45) is 11.3. The van der Waals surface area contributed by atoms with Crippen LogP contribution >= 0.6 is 15.9 Å². The SMILES string of the molecule is [C-]#[N+]c1cc2c(Br)cn(-c3ccn4cnnc4c3)c2cc1C.[C-]#[N+]c1cc2ccn(-c3ccn4cnnc4c3)c2cc1C. The maximum atomic E-state index is 7.26. The van der Waals surface area contributed by atoms with Crippen molar-refractivity contribution in [2.45, 2.75) is 13.8 Å². The number of halogens is 1. The van der Waals surface area contributed by atoms with Crippen LogP contribution in [0.4, 0.5) is 11.4 Å². The smallest absolute Gasteiger partial charge is 0.190 e. The van der Waals surface area contributed by atoms with Gasteiger partial charge in [0.1, 0.15) is 12.7 Å². The molecule has 0 atom stereocenters. The third-order valence-corrected chi connectivity index (χ3v) is 8.08. The van der Waals surface area contributed by atoms with Gasteiger partial charge in [-0.15, -0.1) is 20.4 Å². The number of hydrogen-bond donors (Lipinski definition) is 0. The van der Waals surface area contributed by atoms with Gasteiger partial charge >= 0.3 is 0 Å². The van der Waals surface area contributed by atoms with Gasteiger partial charge in [-0.25, -0.2) is 9.69 Å². The molecule has 0 saturated carbocycles. The van der Waals surface area contributed by atoms with Crippen LogP contribution in [-0.4, -0.2) is 38.3 Å². The van der Waals surface area contributed by atoms with Gasteiger partial charge in [-0.1, -0.05) is 0 Å². The maximum absolute atomic E-state index is 7.26. The monoisotopic (exact) mass is 624 g/mol. The highest BCUT2D eigenvalue weighted by Gasteiger charge is 2.12. The molecule has 0 aliphatic rings. The molecule has 0 aliphatic carbocycles. The average Bonchev–Trinajstić information content (AvgIpc) is 3.82. The Kier molecular flexibility index (Phi) is 6.23. The number of nitrogens with zero attached hydrogens (tertiary/aromatic N) is 10. The van der Waals surface area contributed by atoms with Gasteiger partial charge in [0.05, 0.1) is 35.6 Å². The summed E-state index contributed by atoms with van der Waals surface area (Å²) in [6, 6.07) is 18.0. The van der Waals surface area contributed by atoms with E-state index >= 15 is 0 Å². The second-order valence-electron chi connectivity index (χ2n) is 10.1. The predicted octanol–water partition coefficient (Wildman–Crippen LogP) is 7.83. The van der Waals surface area contributed by atoms with Crippen molar-refractivity contribution in [3.8, 4) is 11.4 Å². The molecule has 0 amide bonds. The Labute approximate surface area is 253 Å². The zero-order valence-corrected chi connectivity index (χ0v) is 24.6. The van der Waals surface area contributed by atoms with Crippen LogP contribution in [0, 0.1) is 27.0 Å². The summed E-state index contributed by atoms with van der Waals surface area (Å²) in [5, 5.41) is 18.0. The molecule has 6 heterocycles. The first-order valence-corrected chi connectivity index (χ1v) is 14.0. The Bertz CT molecular complexity index is 2430. The molecule has 0 spiro atoms. The number of rotatable bonds is 2. The van der Waals surface area contributed by atoms with Gasteiger partial charge < -0.3 is 9.13 Å². The highest BCUT2D eigenvalue weighted by atomic mass is 79.9. The maximum Gasteiger partial charge on any atom is 0.190 e. The zero-order chi connectivity index (χ0) is 29.7. The van der Waals surface area contributed by atoms with Crippen LogP contribution in [0.2, 0.25) is 0 Å². The molecule has 0 bridgehead atoms. The van der Waals surface area contributed by atoms with Crippen molar-refractivity contribution < 1.29 is 0 Å². The van der Waals surface area contributed by atoms with Crippen LogP contribution < -0.4 is 0 Å². The first kappa shape index (κ1) is 26.1. The van der Waals surface area contributed by atoms with Gasteiger partial charge in [-0.2, -0.15) is 0 Å². The minimum absolute atomic E-state index is 0.679. The quantitative estimate of drug-likeness (QED) is 0.184. The van der Waals surface area contributed by atoms with Gasteiger partial charge in [0, 0.05) is 46.8 Å². The lowest BCUT2D eigenvalue weighted by Crippen LogP contribution is -1.94. The first-order valence-electron chi connectivity index (χ1n) is 13.2. The Morgan fingerprint density at radius 2 is 1.26 bits per heavy atom. The molecule has 8 aromatic rings. The summed E-state index contributed by atoms with van der Waals surface area (Å²) in [4.78, 5) is 7.13. The van der Waals surface area contributed by atoms with Gasteiger partial charge in [-0.05, 0) is 88.8 Å². The molecule has 43 heavy (non-hydrogen) atoms. The second-order valence-corrected chi connectivity index (χ2v) is 10.9. The lowest BCUT2D eigenvalue weighted by molar-refractivity contribution is 1.09. The highest BCUT2D eigenvalue weighted by molar-refractivity contribution is 9.10. The van der Waals surface area contributed by atoms with E-state index in [0.717, 1.165) is 60.1 Å². The van der Waals surface area contributed by atoms with Gasteiger partial charge in [0.25, 0.3) is 0 Å². The fourth-order valence-electron chi connectivity index (χ4n) is 5.19. The van der Waals surface area contributed by atoms with Crippen molar-refractivity contribution >= 4 is 60.4 Å². The van der Waals surface area contributed by atoms with E-state index < -0.39 is 0 Å². The van der Waals surface area contributed by atoms with Crippen molar-refractivity contribution in [2.75, 3.05) is 0 Å². The molecular formula is C32H21BrN10. The average molecular weight is 625 g/mol. The lowest BCUT2D eigenvalue weighted by atomic mass is 10.1. The van der Waals surface area contributed by atoms with Crippen LogP contribution in [0.25, 0.3) is 54.2 Å². The van der Waals surface area contributed by atoms with E-state index in [1.165, 1.54) is 0 Å². The van der Waals surface area contributed by atoms with E-state index in [0.29, 0.717) is 11.4 Å². The minimum atomic E-state index is 0.679. The van der Waals surface area contributed by atoms with Crippen molar-refractivity contribution in [1.82, 2.24) is 38.3 Å². The third kappa shape index (κ3) is 4.49. The van der Waals surface area contributed by atoms with Gasteiger partial charge in [0.15, 0.2) is 22.7 Å². The molecule has 0 N–H and O–H groups in total. The van der Waals surface area contributed by atoms with Crippen LogP contribution in [0.1, 0.15) is 11.1 Å². The zero-order valence-electron chi connectivity index (χ0n) is 23.0. The fourth-order valence-corrected chi connectivity index (χ4v) is 5.71. The summed E-state index contributed by atoms with van der Waals surface area (Å²) in [7, 11) is 0. The fraction of sp³-hybridized carbons (Fsp3) is 0.0625. The normalized spacial score (nSPS) is 11.1. The number of fused-ring (bicyclic) bond motifs is 4. The Hall–Kier alpha value is -5.78. The number of aromatic nitrogens is 8. The Morgan fingerprint density at radius 3 is 1.88 bits per heavy atom. The predicted molar refractivity (Wildman–Crippen MR) is 169 cm³/mol. The molecule has 0 unspecified atom stereocenters. The number of benzene rings is 2. The molecule has 2 aromatic carbocycles. The summed E-state index contributed by atoms with van der Waals surface area (Å²) in [6.45, 7) is 18.4. The van der Waals surface area contributed by atoms with Crippen LogP contribution in [0.3, 0.4) is 0 Å². The van der Waals surface area contributed by atoms with E-state index in [-0.39, 0.29) is 0 Å². The van der Waals surface area contributed by atoms with Crippen molar-refractivity contribution in [1.29, 1.82) is 0 Å². The summed E-state index contributed by atoms with van der Waals surface area (Å²) < 4.78 is 8.90.